The lowest BCUT2D eigenvalue weighted by Crippen LogP contribution is -2.47. The molecule has 2 aromatic carbocycles. The zero-order valence-electron chi connectivity index (χ0n) is 12.2. The third kappa shape index (κ3) is 1.86. The Morgan fingerprint density at radius 3 is 1.68 bits per heavy atom. The average Bonchev–Trinajstić information content (AvgIpc) is 2.39. The van der Waals surface area contributed by atoms with Gasteiger partial charge in [0.05, 0.1) is 6.67 Å². The maximum absolute atomic E-state index is 2.50. The Balaban J connectivity index is 2.30. The first-order valence-electron chi connectivity index (χ1n) is 7.14. The maximum atomic E-state index is 2.50. The van der Waals surface area contributed by atoms with Crippen LogP contribution in [0, 0.1) is 0 Å². The zero-order chi connectivity index (χ0) is 13.6. The van der Waals surface area contributed by atoms with Crippen molar-refractivity contribution >= 4 is 22.1 Å². The summed E-state index contributed by atoms with van der Waals surface area (Å²) in [6.07, 6.45) is 0. The summed E-state index contributed by atoms with van der Waals surface area (Å²) in [7, 11) is 0. The molecule has 0 fully saturated rings. The molecule has 1 aliphatic rings. The summed E-state index contributed by atoms with van der Waals surface area (Å²) < 4.78 is 0. The molecule has 0 N–H and O–H groups in total. The van der Waals surface area contributed by atoms with Crippen molar-refractivity contribution in [1.29, 1.82) is 0 Å². The third-order valence-corrected chi connectivity index (χ3v) is 4.03. The number of rotatable bonds is 2. The smallest absolute Gasteiger partial charge is 0.0908 e. The second kappa shape index (κ2) is 4.44. The van der Waals surface area contributed by atoms with E-state index in [2.05, 4.69) is 73.9 Å². The van der Waals surface area contributed by atoms with Gasteiger partial charge in [0.25, 0.3) is 0 Å². The highest BCUT2D eigenvalue weighted by atomic mass is 15.4. The summed E-state index contributed by atoms with van der Waals surface area (Å²) in [4.78, 5) is 4.99. The number of hydrogen-bond acceptors (Lipinski definition) is 2. The van der Waals surface area contributed by atoms with Crippen LogP contribution in [0.5, 0.6) is 0 Å². The van der Waals surface area contributed by atoms with E-state index in [9.17, 15) is 0 Å². The highest BCUT2D eigenvalue weighted by Crippen LogP contribution is 2.40. The molecule has 0 atom stereocenters. The van der Waals surface area contributed by atoms with Crippen LogP contribution in [0.25, 0.3) is 10.8 Å². The van der Waals surface area contributed by atoms with Gasteiger partial charge in [-0.25, -0.2) is 0 Å². The minimum atomic E-state index is 0.514. The van der Waals surface area contributed by atoms with E-state index in [4.69, 9.17) is 0 Å². The summed E-state index contributed by atoms with van der Waals surface area (Å²) in [5.41, 5.74) is 2.75. The van der Waals surface area contributed by atoms with E-state index in [1.807, 2.05) is 0 Å². The lowest BCUT2D eigenvalue weighted by Gasteiger charge is -2.43. The van der Waals surface area contributed by atoms with Gasteiger partial charge in [-0.05, 0) is 45.2 Å². The minimum absolute atomic E-state index is 0.514. The normalized spacial score (nSPS) is 14.8. The van der Waals surface area contributed by atoms with Crippen LogP contribution in [0.15, 0.2) is 36.4 Å². The highest BCUT2D eigenvalue weighted by molar-refractivity contribution is 6.05. The van der Waals surface area contributed by atoms with E-state index in [0.717, 1.165) is 6.67 Å². The van der Waals surface area contributed by atoms with Crippen molar-refractivity contribution in [3.8, 4) is 0 Å². The van der Waals surface area contributed by atoms with Crippen molar-refractivity contribution in [2.45, 2.75) is 39.8 Å². The largest absolute Gasteiger partial charge is 0.351 e. The molecule has 0 amide bonds. The molecule has 0 unspecified atom stereocenters. The first-order valence-corrected chi connectivity index (χ1v) is 7.14. The predicted octanol–water partition coefficient (Wildman–Crippen LogP) is 4.24. The Labute approximate surface area is 115 Å². The van der Waals surface area contributed by atoms with Crippen LogP contribution in [-0.4, -0.2) is 18.8 Å². The van der Waals surface area contributed by atoms with Gasteiger partial charge in [-0.2, -0.15) is 0 Å². The van der Waals surface area contributed by atoms with Crippen molar-refractivity contribution in [2.24, 2.45) is 0 Å². The van der Waals surface area contributed by atoms with Crippen molar-refractivity contribution in [3.05, 3.63) is 36.4 Å². The first-order chi connectivity index (χ1) is 9.09. The van der Waals surface area contributed by atoms with Gasteiger partial charge in [-0.1, -0.05) is 24.3 Å². The molecule has 100 valence electrons. The SMILES string of the molecule is CC(C)N1CN(C(C)C)c2cccc3cccc1c23. The van der Waals surface area contributed by atoms with E-state index in [1.165, 1.54) is 22.1 Å². The molecule has 2 aromatic rings. The molecule has 0 bridgehead atoms. The van der Waals surface area contributed by atoms with E-state index in [-0.39, 0.29) is 0 Å². The molecule has 3 rings (SSSR count). The van der Waals surface area contributed by atoms with Crippen LogP contribution in [0.4, 0.5) is 11.4 Å². The molecule has 0 aliphatic carbocycles. The van der Waals surface area contributed by atoms with Gasteiger partial charge in [0, 0.05) is 28.8 Å². The second-order valence-corrected chi connectivity index (χ2v) is 5.92. The second-order valence-electron chi connectivity index (χ2n) is 5.92. The number of benzene rings is 2. The summed E-state index contributed by atoms with van der Waals surface area (Å²) in [6, 6.07) is 14.3. The fraction of sp³-hybridized carbons (Fsp3) is 0.412. The van der Waals surface area contributed by atoms with E-state index >= 15 is 0 Å². The van der Waals surface area contributed by atoms with E-state index in [0.29, 0.717) is 12.1 Å². The van der Waals surface area contributed by atoms with Crippen molar-refractivity contribution in [3.63, 3.8) is 0 Å². The molecular formula is C17H22N2. The predicted molar refractivity (Wildman–Crippen MR) is 84.0 cm³/mol. The first kappa shape index (κ1) is 12.3. The number of hydrogen-bond donors (Lipinski definition) is 0. The van der Waals surface area contributed by atoms with Crippen LogP contribution in [0.1, 0.15) is 27.7 Å². The van der Waals surface area contributed by atoms with E-state index in [1.54, 1.807) is 0 Å². The average molecular weight is 254 g/mol. The maximum Gasteiger partial charge on any atom is 0.0908 e. The monoisotopic (exact) mass is 254 g/mol. The molecule has 0 spiro atoms. The molecule has 2 nitrogen and oxygen atoms in total. The van der Waals surface area contributed by atoms with Gasteiger partial charge >= 0.3 is 0 Å². The van der Waals surface area contributed by atoms with Gasteiger partial charge in [0.2, 0.25) is 0 Å². The van der Waals surface area contributed by atoms with Crippen LogP contribution in [0.2, 0.25) is 0 Å². The number of anilines is 2. The van der Waals surface area contributed by atoms with Crippen LogP contribution in [0.3, 0.4) is 0 Å². The van der Waals surface area contributed by atoms with E-state index < -0.39 is 0 Å². The fourth-order valence-corrected chi connectivity index (χ4v) is 2.98. The van der Waals surface area contributed by atoms with Gasteiger partial charge in [-0.15, -0.1) is 0 Å². The van der Waals surface area contributed by atoms with Gasteiger partial charge in [0.1, 0.15) is 0 Å². The summed E-state index contributed by atoms with van der Waals surface area (Å²) >= 11 is 0. The Bertz CT molecular complexity index is 552. The van der Waals surface area contributed by atoms with Gasteiger partial charge in [0.15, 0.2) is 0 Å². The summed E-state index contributed by atoms with van der Waals surface area (Å²) in [6.45, 7) is 10.1. The molecule has 19 heavy (non-hydrogen) atoms. The van der Waals surface area contributed by atoms with Crippen molar-refractivity contribution in [1.82, 2.24) is 0 Å². The molecule has 0 aromatic heterocycles. The lowest BCUT2D eigenvalue weighted by atomic mass is 10.0. The Morgan fingerprint density at radius 2 is 1.26 bits per heavy atom. The summed E-state index contributed by atoms with van der Waals surface area (Å²) in [5.74, 6) is 0. The molecule has 0 saturated carbocycles. The van der Waals surface area contributed by atoms with Gasteiger partial charge in [-0.3, -0.25) is 0 Å². The minimum Gasteiger partial charge on any atom is -0.351 e. The molecular weight excluding hydrogens is 232 g/mol. The van der Waals surface area contributed by atoms with Crippen molar-refractivity contribution in [2.75, 3.05) is 16.5 Å². The summed E-state index contributed by atoms with van der Waals surface area (Å²) in [5, 5.41) is 2.74. The highest BCUT2D eigenvalue weighted by Gasteiger charge is 2.26. The Kier molecular flexibility index (Phi) is 2.89. The van der Waals surface area contributed by atoms with Crippen LogP contribution in [-0.2, 0) is 0 Å². The molecule has 1 aliphatic heterocycles. The zero-order valence-corrected chi connectivity index (χ0v) is 12.2. The standard InChI is InChI=1S/C17H22N2/c1-12(2)18-11-19(13(3)4)16-10-6-8-14-7-5-9-15(18)17(14)16/h5-10,12-13H,11H2,1-4H3. The molecule has 0 radical (unpaired) electrons. The van der Waals surface area contributed by atoms with Crippen LogP contribution < -0.4 is 9.80 Å². The van der Waals surface area contributed by atoms with Crippen molar-refractivity contribution < 1.29 is 0 Å². The van der Waals surface area contributed by atoms with Gasteiger partial charge < -0.3 is 9.80 Å². The Morgan fingerprint density at radius 1 is 0.789 bits per heavy atom. The quantitative estimate of drug-likeness (QED) is 0.791. The topological polar surface area (TPSA) is 6.48 Å². The van der Waals surface area contributed by atoms with Crippen LogP contribution >= 0.6 is 0 Å². The lowest BCUT2D eigenvalue weighted by molar-refractivity contribution is 0.604. The molecule has 1 heterocycles. The number of nitrogens with zero attached hydrogens (tertiary/aromatic N) is 2. The molecule has 0 saturated heterocycles. The molecule has 2 heteroatoms. The fourth-order valence-electron chi connectivity index (χ4n) is 2.98. The Hall–Kier alpha value is -1.70. The third-order valence-electron chi connectivity index (χ3n) is 4.03.